The van der Waals surface area contributed by atoms with E-state index < -0.39 is 0 Å². The number of rotatable bonds is 6. The van der Waals surface area contributed by atoms with Crippen molar-refractivity contribution in [1.82, 2.24) is 5.43 Å². The Hall–Kier alpha value is -3.20. The molecule has 0 saturated carbocycles. The summed E-state index contributed by atoms with van der Waals surface area (Å²) < 4.78 is 6.94. The summed E-state index contributed by atoms with van der Waals surface area (Å²) in [6.45, 7) is 0. The summed E-state index contributed by atoms with van der Waals surface area (Å²) >= 11 is 11.2. The van der Waals surface area contributed by atoms with Crippen molar-refractivity contribution in [3.05, 3.63) is 92.2 Å². The van der Waals surface area contributed by atoms with Gasteiger partial charge in [0.25, 0.3) is 11.8 Å². The number of halogens is 2. The van der Waals surface area contributed by atoms with Gasteiger partial charge in [-0.25, -0.2) is 5.43 Å². The summed E-state index contributed by atoms with van der Waals surface area (Å²) in [5, 5.41) is 8.04. The number of methoxy groups -OCH3 is 1. The van der Waals surface area contributed by atoms with E-state index in [0.717, 1.165) is 25.9 Å². The maximum absolute atomic E-state index is 12.7. The quantitative estimate of drug-likeness (QED) is 0.220. The number of hydrogen-bond acceptors (Lipinski definition) is 5. The summed E-state index contributed by atoms with van der Waals surface area (Å²) in [6.07, 6.45) is 1.54. The zero-order valence-corrected chi connectivity index (χ0v) is 20.4. The Morgan fingerprint density at radius 1 is 1.03 bits per heavy atom. The lowest BCUT2D eigenvalue weighted by Gasteiger charge is -2.05. The molecule has 9 heteroatoms. The highest BCUT2D eigenvalue weighted by atomic mass is 79.9. The van der Waals surface area contributed by atoms with Crippen LogP contribution in [0.25, 0.3) is 10.1 Å². The van der Waals surface area contributed by atoms with E-state index in [9.17, 15) is 9.59 Å². The number of hydrazone groups is 1. The van der Waals surface area contributed by atoms with Gasteiger partial charge in [0, 0.05) is 25.8 Å². The average Bonchev–Trinajstić information content (AvgIpc) is 3.15. The third-order valence-corrected chi connectivity index (χ3v) is 6.85. The van der Waals surface area contributed by atoms with Crippen LogP contribution in [0.1, 0.15) is 25.6 Å². The molecule has 0 bridgehead atoms. The molecule has 4 rings (SSSR count). The molecule has 0 unspecified atom stereocenters. The molecule has 1 heterocycles. The minimum atomic E-state index is -0.365. The highest BCUT2D eigenvalue weighted by Gasteiger charge is 2.17. The molecule has 2 N–H and O–H groups in total. The monoisotopic (exact) mass is 541 g/mol. The van der Waals surface area contributed by atoms with Crippen molar-refractivity contribution in [1.29, 1.82) is 0 Å². The van der Waals surface area contributed by atoms with E-state index in [0.29, 0.717) is 21.2 Å². The predicted octanol–water partition coefficient (Wildman–Crippen LogP) is 6.34. The molecule has 3 aromatic carbocycles. The lowest BCUT2D eigenvalue weighted by Crippen LogP contribution is -2.17. The van der Waals surface area contributed by atoms with Crippen LogP contribution in [-0.2, 0) is 0 Å². The molecule has 0 aliphatic rings. The highest BCUT2D eigenvalue weighted by Crippen LogP contribution is 2.37. The van der Waals surface area contributed by atoms with Gasteiger partial charge in [0.2, 0.25) is 0 Å². The number of amides is 2. The Bertz CT molecular complexity index is 1350. The minimum Gasteiger partial charge on any atom is -0.497 e. The summed E-state index contributed by atoms with van der Waals surface area (Å²) in [4.78, 5) is 25.5. The van der Waals surface area contributed by atoms with Crippen LogP contribution >= 0.6 is 38.9 Å². The fraction of sp³-hybridized carbons (Fsp3) is 0.0417. The third-order valence-electron chi connectivity index (χ3n) is 4.70. The van der Waals surface area contributed by atoms with Gasteiger partial charge >= 0.3 is 0 Å². The van der Waals surface area contributed by atoms with E-state index in [4.69, 9.17) is 16.3 Å². The van der Waals surface area contributed by atoms with Crippen LogP contribution in [0.2, 0.25) is 5.02 Å². The largest absolute Gasteiger partial charge is 0.497 e. The van der Waals surface area contributed by atoms with E-state index in [1.807, 2.05) is 30.3 Å². The average molecular weight is 543 g/mol. The molecule has 2 amide bonds. The van der Waals surface area contributed by atoms with E-state index in [-0.39, 0.29) is 11.8 Å². The first-order valence-corrected chi connectivity index (χ1v) is 11.7. The van der Waals surface area contributed by atoms with Crippen LogP contribution in [-0.4, -0.2) is 25.1 Å². The first-order valence-electron chi connectivity index (χ1n) is 9.71. The van der Waals surface area contributed by atoms with Crippen LogP contribution in [0.3, 0.4) is 0 Å². The maximum Gasteiger partial charge on any atom is 0.271 e. The predicted molar refractivity (Wildman–Crippen MR) is 137 cm³/mol. The third kappa shape index (κ3) is 5.42. The molecule has 0 saturated heterocycles. The zero-order chi connectivity index (χ0) is 23.4. The molecule has 6 nitrogen and oxygen atoms in total. The SMILES string of the molecule is COc1ccc(/C=N\NC(=O)c2ccc(NC(=O)c3sc4cc(Br)ccc4c3Cl)cc2)cc1. The van der Waals surface area contributed by atoms with Gasteiger partial charge in [-0.3, -0.25) is 9.59 Å². The molecule has 0 radical (unpaired) electrons. The first kappa shape index (κ1) is 23.0. The van der Waals surface area contributed by atoms with Crippen molar-refractivity contribution in [3.8, 4) is 5.75 Å². The number of nitrogens with zero attached hydrogens (tertiary/aromatic N) is 1. The number of carbonyl (C=O) groups excluding carboxylic acids is 2. The van der Waals surface area contributed by atoms with E-state index in [1.165, 1.54) is 11.3 Å². The Balaban J connectivity index is 1.38. The van der Waals surface area contributed by atoms with Crippen LogP contribution in [0, 0.1) is 0 Å². The summed E-state index contributed by atoms with van der Waals surface area (Å²) in [5.41, 5.74) is 4.26. The second-order valence-corrected chi connectivity index (χ2v) is 9.24. The molecule has 1 aromatic heterocycles. The fourth-order valence-corrected chi connectivity index (χ4v) is 4.96. The molecule has 0 aliphatic heterocycles. The van der Waals surface area contributed by atoms with E-state index >= 15 is 0 Å². The number of fused-ring (bicyclic) bond motifs is 1. The lowest BCUT2D eigenvalue weighted by atomic mass is 10.2. The topological polar surface area (TPSA) is 79.8 Å². The number of carbonyl (C=O) groups is 2. The van der Waals surface area contributed by atoms with Gasteiger partial charge in [0.15, 0.2) is 0 Å². The molecule has 0 fully saturated rings. The van der Waals surface area contributed by atoms with E-state index in [2.05, 4.69) is 31.8 Å². The van der Waals surface area contributed by atoms with Crippen molar-refractivity contribution in [3.63, 3.8) is 0 Å². The molecule has 33 heavy (non-hydrogen) atoms. The second-order valence-electron chi connectivity index (χ2n) is 6.89. The number of benzene rings is 3. The first-order chi connectivity index (χ1) is 15.9. The summed E-state index contributed by atoms with van der Waals surface area (Å²) in [7, 11) is 1.60. The Kier molecular flexibility index (Phi) is 7.08. The van der Waals surface area contributed by atoms with Crippen LogP contribution in [0.4, 0.5) is 5.69 Å². The molecule has 0 atom stereocenters. The standard InChI is InChI=1S/C24H17BrClN3O3S/c1-32-18-9-2-14(3-10-18)13-27-29-23(30)15-4-7-17(8-5-15)28-24(31)22-21(26)19-11-6-16(25)12-20(19)33-22/h2-13H,1H3,(H,28,31)(H,29,30)/b27-13-. The Morgan fingerprint density at radius 2 is 1.76 bits per heavy atom. The number of anilines is 1. The van der Waals surface area contributed by atoms with Crippen molar-refractivity contribution >= 4 is 72.7 Å². The van der Waals surface area contributed by atoms with Gasteiger partial charge in [-0.2, -0.15) is 5.10 Å². The number of nitrogens with one attached hydrogen (secondary N) is 2. The number of thiophene rings is 1. The van der Waals surface area contributed by atoms with Crippen molar-refractivity contribution in [2.75, 3.05) is 12.4 Å². The molecular formula is C24H17BrClN3O3S. The second kappa shape index (κ2) is 10.2. The van der Waals surface area contributed by atoms with Gasteiger partial charge in [-0.05, 0) is 66.2 Å². The number of ether oxygens (including phenoxy) is 1. The van der Waals surface area contributed by atoms with Crippen LogP contribution in [0.5, 0.6) is 5.75 Å². The summed E-state index contributed by atoms with van der Waals surface area (Å²) in [5.74, 6) is 0.0699. The molecule has 166 valence electrons. The van der Waals surface area contributed by atoms with Crippen LogP contribution < -0.4 is 15.5 Å². The van der Waals surface area contributed by atoms with Crippen molar-refractivity contribution < 1.29 is 14.3 Å². The normalized spacial score (nSPS) is 11.0. The molecule has 4 aromatic rings. The number of hydrogen-bond donors (Lipinski definition) is 2. The minimum absolute atomic E-state index is 0.307. The Morgan fingerprint density at radius 3 is 2.45 bits per heavy atom. The van der Waals surface area contributed by atoms with Gasteiger partial charge in [0.05, 0.1) is 18.3 Å². The fourth-order valence-electron chi connectivity index (χ4n) is 3.00. The maximum atomic E-state index is 12.7. The molecular weight excluding hydrogens is 526 g/mol. The molecule has 0 spiro atoms. The van der Waals surface area contributed by atoms with Gasteiger partial charge < -0.3 is 10.1 Å². The van der Waals surface area contributed by atoms with E-state index in [1.54, 1.807) is 49.7 Å². The Labute approximate surface area is 207 Å². The van der Waals surface area contributed by atoms with Gasteiger partial charge in [-0.15, -0.1) is 11.3 Å². The lowest BCUT2D eigenvalue weighted by molar-refractivity contribution is 0.0954. The van der Waals surface area contributed by atoms with Crippen molar-refractivity contribution in [2.24, 2.45) is 5.10 Å². The van der Waals surface area contributed by atoms with Crippen LogP contribution in [0.15, 0.2) is 76.3 Å². The smallest absolute Gasteiger partial charge is 0.271 e. The highest BCUT2D eigenvalue weighted by molar-refractivity contribution is 9.10. The van der Waals surface area contributed by atoms with Gasteiger partial charge in [-0.1, -0.05) is 33.6 Å². The zero-order valence-electron chi connectivity index (χ0n) is 17.3. The van der Waals surface area contributed by atoms with Gasteiger partial charge in [0.1, 0.15) is 10.6 Å². The van der Waals surface area contributed by atoms with Crippen molar-refractivity contribution in [2.45, 2.75) is 0 Å². The molecule has 0 aliphatic carbocycles. The summed E-state index contributed by atoms with van der Waals surface area (Å²) in [6, 6.07) is 19.5.